The molecule has 4 unspecified atom stereocenters. The van der Waals surface area contributed by atoms with Crippen molar-refractivity contribution in [2.45, 2.75) is 56.3 Å². The molecule has 5 N–H and O–H groups in total. The second kappa shape index (κ2) is 19.0. The fraction of sp³-hybridized carbons (Fsp3) is 0.222. The third-order valence-corrected chi connectivity index (χ3v) is 9.61. The molecule has 2 aliphatic rings. The second-order valence-electron chi connectivity index (χ2n) is 13.8. The van der Waals surface area contributed by atoms with Crippen LogP contribution in [0.1, 0.15) is 28.7 Å². The Kier molecular flexibility index (Phi) is 13.2. The van der Waals surface area contributed by atoms with E-state index in [1.54, 1.807) is 24.3 Å². The zero-order valence-corrected chi connectivity index (χ0v) is 30.7. The molecule has 0 radical (unpaired) electrons. The Morgan fingerprint density at radius 3 is 1.66 bits per heavy atom. The van der Waals surface area contributed by atoms with Crippen molar-refractivity contribution in [3.05, 3.63) is 162 Å². The smallest absolute Gasteiger partial charge is 0.326 e. The summed E-state index contributed by atoms with van der Waals surface area (Å²) in [5, 5.41) is 21.2. The molecule has 0 saturated heterocycles. The van der Waals surface area contributed by atoms with Crippen LogP contribution in [0.15, 0.2) is 140 Å². The molecule has 2 bridgehead atoms. The molecule has 4 atom stereocenters. The molecule has 11 nitrogen and oxygen atoms in total. The maximum atomic E-state index is 14.4. The van der Waals surface area contributed by atoms with Crippen molar-refractivity contribution in [3.8, 4) is 16.9 Å². The highest BCUT2D eigenvalue weighted by Crippen LogP contribution is 2.20. The average molecular weight is 753 g/mol. The lowest BCUT2D eigenvalue weighted by Gasteiger charge is -2.26. The number of benzene rings is 5. The fourth-order valence-electron chi connectivity index (χ4n) is 6.55. The van der Waals surface area contributed by atoms with Crippen molar-refractivity contribution in [1.29, 1.82) is 0 Å². The Balaban J connectivity index is 1.33. The molecule has 2 aliphatic heterocycles. The van der Waals surface area contributed by atoms with Crippen LogP contribution in [-0.4, -0.2) is 65.5 Å². The summed E-state index contributed by atoms with van der Waals surface area (Å²) in [6, 6.07) is 37.8. The number of fused-ring (bicyclic) bond motifs is 16. The number of nitrogens with one attached hydrogen (secondary N) is 4. The molecule has 11 heteroatoms. The van der Waals surface area contributed by atoms with E-state index in [0.717, 1.165) is 27.8 Å². The molecule has 0 spiro atoms. The lowest BCUT2D eigenvalue weighted by atomic mass is 9.98. The zero-order valence-electron chi connectivity index (χ0n) is 30.7. The van der Waals surface area contributed by atoms with Crippen LogP contribution < -0.4 is 26.0 Å². The first-order valence-corrected chi connectivity index (χ1v) is 18.6. The standard InChI is InChI=1S/C45H44N4O7/c50-41-29-56-36-23-18-33(19-24-36)28-40(45(54)55)49-42(51)37(25-20-30-10-4-1-5-11-30)47-44(53)39(48-43(52)38(46-41)26-31-12-6-2-7-13-31)27-32-16-21-35(22-17-32)34-14-8-3-9-15-34/h1-19,21-24,37-40H,20,25-29H2,(H,46,50)(H,47,53)(H,48,52)(H,49,51)(H,54,55). The molecule has 0 saturated carbocycles. The van der Waals surface area contributed by atoms with E-state index in [4.69, 9.17) is 4.74 Å². The molecule has 56 heavy (non-hydrogen) atoms. The normalized spacial score (nSPS) is 19.5. The van der Waals surface area contributed by atoms with E-state index in [0.29, 0.717) is 17.7 Å². The number of amides is 4. The molecule has 0 aromatic heterocycles. The van der Waals surface area contributed by atoms with Gasteiger partial charge in [-0.3, -0.25) is 19.2 Å². The summed E-state index contributed by atoms with van der Waals surface area (Å²) in [5.41, 5.74) is 5.03. The Labute approximate surface area is 325 Å². The monoisotopic (exact) mass is 752 g/mol. The molecule has 0 aliphatic carbocycles. The van der Waals surface area contributed by atoms with Crippen LogP contribution >= 0.6 is 0 Å². The predicted molar refractivity (Wildman–Crippen MR) is 211 cm³/mol. The van der Waals surface area contributed by atoms with Crippen molar-refractivity contribution < 1.29 is 33.8 Å². The number of rotatable bonds is 9. The summed E-state index contributed by atoms with van der Waals surface area (Å²) in [6.07, 6.45) is 0.701. The molecular weight excluding hydrogens is 709 g/mol. The predicted octanol–water partition coefficient (Wildman–Crippen LogP) is 4.43. The SMILES string of the molecule is O=C1COc2ccc(cc2)CC(C(=O)O)NC(=O)C(CCc2ccccc2)NC(=O)C(Cc2ccc(-c3ccccc3)cc2)NC(=O)C(Cc2ccccc2)N1. The molecule has 5 aromatic rings. The number of carboxylic acids is 1. The summed E-state index contributed by atoms with van der Waals surface area (Å²) in [7, 11) is 0. The van der Waals surface area contributed by atoms with Crippen molar-refractivity contribution in [2.75, 3.05) is 6.61 Å². The number of ether oxygens (including phenoxy) is 1. The van der Waals surface area contributed by atoms with Crippen LogP contribution in [0.25, 0.3) is 11.1 Å². The fourth-order valence-corrected chi connectivity index (χ4v) is 6.55. The molecule has 286 valence electrons. The number of aryl methyl sites for hydroxylation is 1. The summed E-state index contributed by atoms with van der Waals surface area (Å²) in [4.78, 5) is 68.1. The largest absolute Gasteiger partial charge is 0.484 e. The molecule has 5 aromatic carbocycles. The molecular formula is C45H44N4O7. The lowest BCUT2D eigenvalue weighted by molar-refractivity contribution is -0.142. The Morgan fingerprint density at radius 1 is 0.554 bits per heavy atom. The van der Waals surface area contributed by atoms with Crippen LogP contribution in [0.2, 0.25) is 0 Å². The maximum Gasteiger partial charge on any atom is 0.326 e. The summed E-state index contributed by atoms with van der Waals surface area (Å²) < 4.78 is 5.70. The number of hydrogen-bond donors (Lipinski definition) is 5. The van der Waals surface area contributed by atoms with Gasteiger partial charge < -0.3 is 31.1 Å². The van der Waals surface area contributed by atoms with Gasteiger partial charge in [-0.2, -0.15) is 0 Å². The van der Waals surface area contributed by atoms with E-state index in [9.17, 15) is 29.1 Å². The highest BCUT2D eigenvalue weighted by atomic mass is 16.5. The average Bonchev–Trinajstić information content (AvgIpc) is 3.22. The van der Waals surface area contributed by atoms with Gasteiger partial charge in [-0.25, -0.2) is 4.79 Å². The van der Waals surface area contributed by atoms with Crippen molar-refractivity contribution >= 4 is 29.6 Å². The van der Waals surface area contributed by atoms with Gasteiger partial charge in [-0.05, 0) is 58.4 Å². The number of hydrogen-bond acceptors (Lipinski definition) is 6. The number of carbonyl (C=O) groups excluding carboxylic acids is 4. The molecule has 7 rings (SSSR count). The molecule has 4 amide bonds. The highest BCUT2D eigenvalue weighted by molar-refractivity contribution is 5.95. The minimum Gasteiger partial charge on any atom is -0.484 e. The first-order valence-electron chi connectivity index (χ1n) is 18.6. The summed E-state index contributed by atoms with van der Waals surface area (Å²) >= 11 is 0. The number of aliphatic carboxylic acids is 1. The van der Waals surface area contributed by atoms with Gasteiger partial charge in [0.2, 0.25) is 17.7 Å². The van der Waals surface area contributed by atoms with Crippen LogP contribution in [0, 0.1) is 0 Å². The molecule has 2 heterocycles. The van der Waals surface area contributed by atoms with E-state index in [2.05, 4.69) is 21.3 Å². The lowest BCUT2D eigenvalue weighted by Crippen LogP contribution is -2.59. The van der Waals surface area contributed by atoms with Crippen LogP contribution in [0.3, 0.4) is 0 Å². The van der Waals surface area contributed by atoms with E-state index in [-0.39, 0.29) is 25.7 Å². The van der Waals surface area contributed by atoms with Gasteiger partial charge in [0.05, 0.1) is 0 Å². The first-order chi connectivity index (χ1) is 27.2. The van der Waals surface area contributed by atoms with Crippen molar-refractivity contribution in [2.24, 2.45) is 0 Å². The minimum atomic E-state index is -1.31. The van der Waals surface area contributed by atoms with E-state index in [1.807, 2.05) is 115 Å². The Bertz CT molecular complexity index is 2090. The zero-order chi connectivity index (χ0) is 39.3. The van der Waals surface area contributed by atoms with Crippen molar-refractivity contribution in [1.82, 2.24) is 21.3 Å². The Hall–Kier alpha value is -6.75. The van der Waals surface area contributed by atoms with Crippen LogP contribution in [-0.2, 0) is 49.7 Å². The number of carboxylic acid groups (broad SMARTS) is 1. The second-order valence-corrected chi connectivity index (χ2v) is 13.8. The first kappa shape index (κ1) is 39.0. The van der Waals surface area contributed by atoms with Gasteiger partial charge in [0.15, 0.2) is 6.61 Å². The third kappa shape index (κ3) is 11.1. The van der Waals surface area contributed by atoms with Gasteiger partial charge in [-0.15, -0.1) is 0 Å². The Morgan fingerprint density at radius 2 is 1.05 bits per heavy atom. The third-order valence-electron chi connectivity index (χ3n) is 9.61. The molecule has 0 fully saturated rings. The van der Waals surface area contributed by atoms with E-state index >= 15 is 0 Å². The van der Waals surface area contributed by atoms with Crippen LogP contribution in [0.4, 0.5) is 0 Å². The topological polar surface area (TPSA) is 163 Å². The number of carbonyl (C=O) groups is 5. The van der Waals surface area contributed by atoms with Crippen LogP contribution in [0.5, 0.6) is 5.75 Å². The van der Waals surface area contributed by atoms with Gasteiger partial charge >= 0.3 is 5.97 Å². The summed E-state index contributed by atoms with van der Waals surface area (Å²) in [5.74, 6) is -3.37. The van der Waals surface area contributed by atoms with Gasteiger partial charge in [0.25, 0.3) is 5.91 Å². The quantitative estimate of drug-likeness (QED) is 0.139. The van der Waals surface area contributed by atoms with E-state index in [1.165, 1.54) is 0 Å². The van der Waals surface area contributed by atoms with Gasteiger partial charge in [0, 0.05) is 19.3 Å². The highest BCUT2D eigenvalue weighted by Gasteiger charge is 2.32. The minimum absolute atomic E-state index is 0.0417. The summed E-state index contributed by atoms with van der Waals surface area (Å²) in [6.45, 7) is -0.396. The van der Waals surface area contributed by atoms with E-state index < -0.39 is 60.4 Å². The maximum absolute atomic E-state index is 14.4. The van der Waals surface area contributed by atoms with Gasteiger partial charge in [-0.1, -0.05) is 127 Å². The van der Waals surface area contributed by atoms with Crippen molar-refractivity contribution in [3.63, 3.8) is 0 Å². The van der Waals surface area contributed by atoms with Gasteiger partial charge in [0.1, 0.15) is 29.9 Å².